The van der Waals surface area contributed by atoms with E-state index in [-0.39, 0.29) is 31.1 Å². The molecule has 30 heavy (non-hydrogen) atoms. The molecule has 1 aromatic carbocycles. The molecule has 11 nitrogen and oxygen atoms in total. The van der Waals surface area contributed by atoms with Gasteiger partial charge in [0.2, 0.25) is 23.6 Å². The van der Waals surface area contributed by atoms with Gasteiger partial charge in [0.05, 0.1) is 19.1 Å². The summed E-state index contributed by atoms with van der Waals surface area (Å²) >= 11 is 4.04. The first kappa shape index (κ1) is 25.2. The van der Waals surface area contributed by atoms with Gasteiger partial charge in [-0.2, -0.15) is 12.6 Å². The van der Waals surface area contributed by atoms with E-state index in [9.17, 15) is 24.3 Å². The van der Waals surface area contributed by atoms with Crippen LogP contribution in [0.1, 0.15) is 12.0 Å². The van der Waals surface area contributed by atoms with E-state index in [1.54, 1.807) is 12.1 Å². The summed E-state index contributed by atoms with van der Waals surface area (Å²) in [6, 6.07) is 2.79. The van der Waals surface area contributed by atoms with Gasteiger partial charge in [-0.15, -0.1) is 0 Å². The second kappa shape index (κ2) is 12.7. The number of primary amides is 1. The topological polar surface area (TPSA) is 197 Å². The van der Waals surface area contributed by atoms with E-state index in [0.29, 0.717) is 5.56 Å². The normalized spacial score (nSPS) is 13.6. The van der Waals surface area contributed by atoms with E-state index >= 15 is 0 Å². The highest BCUT2D eigenvalue weighted by Gasteiger charge is 2.28. The summed E-state index contributed by atoms with van der Waals surface area (Å²) in [5.41, 5.74) is 11.7. The van der Waals surface area contributed by atoms with Gasteiger partial charge in [-0.05, 0) is 24.1 Å². The summed E-state index contributed by atoms with van der Waals surface area (Å²) in [5.74, 6) is -2.90. The Hall–Kier alpha value is -2.83. The van der Waals surface area contributed by atoms with Crippen molar-refractivity contribution in [1.82, 2.24) is 16.0 Å². The number of phenols is 1. The Balaban J connectivity index is 2.72. The van der Waals surface area contributed by atoms with Gasteiger partial charge in [0.15, 0.2) is 0 Å². The maximum Gasteiger partial charge on any atom is 0.244 e. The Bertz CT molecular complexity index is 745. The lowest BCUT2D eigenvalue weighted by atomic mass is 10.1. The molecule has 9 N–H and O–H groups in total. The molecule has 0 heterocycles. The van der Waals surface area contributed by atoms with Crippen molar-refractivity contribution in [3.05, 3.63) is 29.8 Å². The summed E-state index contributed by atoms with van der Waals surface area (Å²) in [6.45, 7) is -0.389. The minimum atomic E-state index is -1.27. The molecule has 0 unspecified atom stereocenters. The Morgan fingerprint density at radius 2 is 1.60 bits per heavy atom. The van der Waals surface area contributed by atoms with E-state index in [0.717, 1.165) is 0 Å². The van der Waals surface area contributed by atoms with Gasteiger partial charge in [0, 0.05) is 12.3 Å². The van der Waals surface area contributed by atoms with Crippen LogP contribution in [0.15, 0.2) is 24.3 Å². The van der Waals surface area contributed by atoms with Crippen LogP contribution < -0.4 is 27.4 Å². The number of hydrogen-bond donors (Lipinski definition) is 8. The van der Waals surface area contributed by atoms with Gasteiger partial charge in [-0.1, -0.05) is 12.1 Å². The van der Waals surface area contributed by atoms with Crippen molar-refractivity contribution in [1.29, 1.82) is 0 Å². The number of aliphatic hydroxyl groups is 1. The van der Waals surface area contributed by atoms with Crippen LogP contribution in [0.2, 0.25) is 0 Å². The summed E-state index contributed by atoms with van der Waals surface area (Å²) < 4.78 is 0. The highest BCUT2D eigenvalue weighted by atomic mass is 32.1. The Labute approximate surface area is 179 Å². The number of phenolic OH excluding ortho intramolecular Hbond substituents is 1. The SMILES string of the molecule is NC(=O)C[C@H](NC(=O)[C@H](CS)NC(=O)[C@@H](N)Cc1ccc(O)cc1)C(=O)NCCO. The average molecular weight is 442 g/mol. The average Bonchev–Trinajstić information content (AvgIpc) is 2.70. The molecule has 0 spiro atoms. The van der Waals surface area contributed by atoms with Crippen molar-refractivity contribution in [3.63, 3.8) is 0 Å². The van der Waals surface area contributed by atoms with Crippen molar-refractivity contribution in [2.75, 3.05) is 18.9 Å². The number of thiol groups is 1. The second-order valence-corrected chi connectivity index (χ2v) is 6.83. The fraction of sp³-hybridized carbons (Fsp3) is 0.444. The Kier molecular flexibility index (Phi) is 10.6. The van der Waals surface area contributed by atoms with Crippen LogP contribution >= 0.6 is 12.6 Å². The zero-order valence-electron chi connectivity index (χ0n) is 16.2. The van der Waals surface area contributed by atoms with E-state index in [1.165, 1.54) is 12.1 Å². The number of hydrogen-bond acceptors (Lipinski definition) is 8. The lowest BCUT2D eigenvalue weighted by molar-refractivity contribution is -0.133. The zero-order valence-corrected chi connectivity index (χ0v) is 17.1. The Morgan fingerprint density at radius 3 is 2.13 bits per heavy atom. The van der Waals surface area contributed by atoms with Gasteiger partial charge in [0.25, 0.3) is 0 Å². The summed E-state index contributed by atoms with van der Waals surface area (Å²) in [4.78, 5) is 48.1. The third-order valence-corrected chi connectivity index (χ3v) is 4.36. The molecule has 0 fully saturated rings. The molecule has 0 saturated heterocycles. The number of carbonyl (C=O) groups is 4. The van der Waals surface area contributed by atoms with Gasteiger partial charge in [-0.3, -0.25) is 19.2 Å². The first-order valence-corrected chi connectivity index (χ1v) is 9.73. The van der Waals surface area contributed by atoms with E-state index < -0.39 is 48.2 Å². The lowest BCUT2D eigenvalue weighted by Crippen LogP contribution is -2.57. The summed E-state index contributed by atoms with van der Waals surface area (Å²) in [5, 5.41) is 25.2. The number of rotatable bonds is 12. The summed E-state index contributed by atoms with van der Waals surface area (Å²) in [6.07, 6.45) is -0.294. The molecule has 0 saturated carbocycles. The molecule has 166 valence electrons. The summed E-state index contributed by atoms with van der Waals surface area (Å²) in [7, 11) is 0. The molecular weight excluding hydrogens is 414 g/mol. The van der Waals surface area contributed by atoms with Gasteiger partial charge < -0.3 is 37.6 Å². The maximum absolute atomic E-state index is 12.5. The second-order valence-electron chi connectivity index (χ2n) is 6.47. The molecule has 0 aliphatic carbocycles. The molecule has 0 aliphatic heterocycles. The number of nitrogens with two attached hydrogens (primary N) is 2. The van der Waals surface area contributed by atoms with Crippen molar-refractivity contribution in [3.8, 4) is 5.75 Å². The molecule has 1 rings (SSSR count). The Morgan fingerprint density at radius 1 is 1.00 bits per heavy atom. The largest absolute Gasteiger partial charge is 0.508 e. The van der Waals surface area contributed by atoms with Crippen molar-refractivity contribution >= 4 is 36.3 Å². The molecule has 0 aliphatic rings. The van der Waals surface area contributed by atoms with Crippen molar-refractivity contribution in [2.45, 2.75) is 31.0 Å². The maximum atomic E-state index is 12.5. The number of carbonyl (C=O) groups excluding carboxylic acids is 4. The van der Waals surface area contributed by atoms with Gasteiger partial charge in [-0.25, -0.2) is 0 Å². The molecule has 0 radical (unpaired) electrons. The molecule has 12 heteroatoms. The highest BCUT2D eigenvalue weighted by molar-refractivity contribution is 7.80. The standard InChI is InChI=1S/C18H27N5O6S/c19-12(7-10-1-3-11(25)4-2-10)16(27)23-14(9-30)18(29)22-13(8-15(20)26)17(28)21-5-6-24/h1-4,12-14,24-25,30H,5-9,19H2,(H2,20,26)(H,21,28)(H,22,29)(H,23,27)/t12-,13-,14-/m0/s1. The van der Waals surface area contributed by atoms with Crippen molar-refractivity contribution in [2.24, 2.45) is 11.5 Å². The van der Waals surface area contributed by atoms with E-state index in [2.05, 4.69) is 28.6 Å². The van der Waals surface area contributed by atoms with Gasteiger partial charge in [0.1, 0.15) is 17.8 Å². The molecule has 1 aromatic rings. The molecule has 3 atom stereocenters. The lowest BCUT2D eigenvalue weighted by Gasteiger charge is -2.22. The third kappa shape index (κ3) is 8.68. The fourth-order valence-electron chi connectivity index (χ4n) is 2.44. The number of aliphatic hydroxyl groups excluding tert-OH is 1. The van der Waals surface area contributed by atoms with Crippen LogP contribution in [-0.4, -0.2) is 70.9 Å². The molecule has 0 aromatic heterocycles. The number of aromatic hydroxyl groups is 1. The van der Waals surface area contributed by atoms with Crippen LogP contribution in [0.25, 0.3) is 0 Å². The van der Waals surface area contributed by atoms with Crippen molar-refractivity contribution < 1.29 is 29.4 Å². The predicted molar refractivity (Wildman–Crippen MR) is 111 cm³/mol. The monoisotopic (exact) mass is 441 g/mol. The zero-order chi connectivity index (χ0) is 22.7. The minimum absolute atomic E-state index is 0.0667. The first-order valence-electron chi connectivity index (χ1n) is 9.09. The van der Waals surface area contributed by atoms with E-state index in [1.807, 2.05) is 0 Å². The van der Waals surface area contributed by atoms with Crippen LogP contribution in [0.5, 0.6) is 5.75 Å². The molecular formula is C18H27N5O6S. The smallest absolute Gasteiger partial charge is 0.244 e. The van der Waals surface area contributed by atoms with Gasteiger partial charge >= 0.3 is 0 Å². The first-order chi connectivity index (χ1) is 14.2. The highest BCUT2D eigenvalue weighted by Crippen LogP contribution is 2.11. The van der Waals surface area contributed by atoms with Crippen LogP contribution in [0.4, 0.5) is 0 Å². The van der Waals surface area contributed by atoms with Crippen LogP contribution in [-0.2, 0) is 25.6 Å². The minimum Gasteiger partial charge on any atom is -0.508 e. The third-order valence-electron chi connectivity index (χ3n) is 3.99. The predicted octanol–water partition coefficient (Wildman–Crippen LogP) is -2.85. The molecule has 4 amide bonds. The number of nitrogens with one attached hydrogen (secondary N) is 3. The fourth-order valence-corrected chi connectivity index (χ4v) is 2.69. The molecule has 0 bridgehead atoms. The number of amides is 4. The van der Waals surface area contributed by atoms with Crippen LogP contribution in [0, 0.1) is 0 Å². The number of benzene rings is 1. The van der Waals surface area contributed by atoms with E-state index in [4.69, 9.17) is 16.6 Å². The van der Waals surface area contributed by atoms with Crippen LogP contribution in [0.3, 0.4) is 0 Å². The quantitative estimate of drug-likeness (QED) is 0.160.